The molecule has 3 aromatic rings. The molecule has 74 valence electrons. The normalized spacial score (nSPS) is 11.2. The fourth-order valence-electron chi connectivity index (χ4n) is 1.93. The zero-order valence-electron chi connectivity index (χ0n) is 7.90. The lowest BCUT2D eigenvalue weighted by Crippen LogP contribution is -2.09. The van der Waals surface area contributed by atoms with Crippen molar-refractivity contribution >= 4 is 22.2 Å². The number of fused-ring (bicyclic) bond motifs is 3. The first-order valence-corrected chi connectivity index (χ1v) is 4.64. The SMILES string of the molecule is NC(=O)c1c[nH]n2cc3ccccc3c12. The van der Waals surface area contributed by atoms with Crippen LogP contribution in [0, 0.1) is 0 Å². The zero-order valence-corrected chi connectivity index (χ0v) is 7.90. The Hall–Kier alpha value is -2.23. The molecule has 4 nitrogen and oxygen atoms in total. The van der Waals surface area contributed by atoms with E-state index in [4.69, 9.17) is 5.73 Å². The van der Waals surface area contributed by atoms with Gasteiger partial charge in [0.05, 0.1) is 11.1 Å². The van der Waals surface area contributed by atoms with Gasteiger partial charge >= 0.3 is 0 Å². The number of nitrogens with one attached hydrogen (secondary N) is 1. The molecule has 0 saturated heterocycles. The molecule has 0 aliphatic heterocycles. The number of rotatable bonds is 1. The molecule has 3 N–H and O–H groups in total. The zero-order chi connectivity index (χ0) is 10.4. The number of carbonyl (C=O) groups is 1. The van der Waals surface area contributed by atoms with E-state index in [1.54, 1.807) is 6.20 Å². The lowest BCUT2D eigenvalue weighted by atomic mass is 10.1. The number of primary amides is 1. The Morgan fingerprint density at radius 2 is 2.13 bits per heavy atom. The van der Waals surface area contributed by atoms with Crippen molar-refractivity contribution in [3.05, 3.63) is 42.2 Å². The third kappa shape index (κ3) is 0.985. The number of aromatic nitrogens is 2. The molecule has 0 fully saturated rings. The molecular weight excluding hydrogens is 190 g/mol. The van der Waals surface area contributed by atoms with Gasteiger partial charge in [-0.3, -0.25) is 9.31 Å². The molecule has 0 spiro atoms. The molecule has 0 atom stereocenters. The summed E-state index contributed by atoms with van der Waals surface area (Å²) in [6, 6.07) is 7.89. The summed E-state index contributed by atoms with van der Waals surface area (Å²) in [4.78, 5) is 11.2. The Morgan fingerprint density at radius 1 is 1.33 bits per heavy atom. The van der Waals surface area contributed by atoms with E-state index in [-0.39, 0.29) is 0 Å². The van der Waals surface area contributed by atoms with Gasteiger partial charge in [0.15, 0.2) is 0 Å². The van der Waals surface area contributed by atoms with Crippen LogP contribution >= 0.6 is 0 Å². The van der Waals surface area contributed by atoms with Crippen molar-refractivity contribution in [3.8, 4) is 0 Å². The van der Waals surface area contributed by atoms with Crippen LogP contribution in [0.5, 0.6) is 0 Å². The second-order valence-electron chi connectivity index (χ2n) is 3.49. The Kier molecular flexibility index (Phi) is 1.42. The molecule has 0 aliphatic rings. The predicted octanol–water partition coefficient (Wildman–Crippen LogP) is 1.52. The Bertz CT molecular complexity index is 663. The first-order chi connectivity index (χ1) is 7.27. The minimum absolute atomic E-state index is 0.412. The van der Waals surface area contributed by atoms with Crippen molar-refractivity contribution in [2.75, 3.05) is 0 Å². The molecule has 2 heterocycles. The maximum atomic E-state index is 11.2. The fourth-order valence-corrected chi connectivity index (χ4v) is 1.93. The van der Waals surface area contributed by atoms with Gasteiger partial charge in [0, 0.05) is 23.2 Å². The van der Waals surface area contributed by atoms with E-state index in [0.717, 1.165) is 16.3 Å². The molecule has 0 saturated carbocycles. The average molecular weight is 199 g/mol. The number of H-pyrrole nitrogens is 1. The van der Waals surface area contributed by atoms with Crippen molar-refractivity contribution in [1.82, 2.24) is 9.61 Å². The third-order valence-electron chi connectivity index (χ3n) is 2.59. The Balaban J connectivity index is 2.54. The number of nitrogens with zero attached hydrogens (tertiary/aromatic N) is 1. The lowest BCUT2D eigenvalue weighted by molar-refractivity contribution is 0.100. The highest BCUT2D eigenvalue weighted by Crippen LogP contribution is 2.24. The van der Waals surface area contributed by atoms with Gasteiger partial charge in [0.2, 0.25) is 0 Å². The number of benzene rings is 1. The van der Waals surface area contributed by atoms with Gasteiger partial charge in [-0.25, -0.2) is 0 Å². The Labute approximate surface area is 85.3 Å². The van der Waals surface area contributed by atoms with E-state index in [1.807, 2.05) is 35.0 Å². The van der Waals surface area contributed by atoms with Crippen LogP contribution in [-0.2, 0) is 0 Å². The van der Waals surface area contributed by atoms with E-state index >= 15 is 0 Å². The van der Waals surface area contributed by atoms with E-state index < -0.39 is 5.91 Å². The highest BCUT2D eigenvalue weighted by molar-refractivity contribution is 6.09. The van der Waals surface area contributed by atoms with Crippen LogP contribution in [0.1, 0.15) is 10.4 Å². The number of amides is 1. The molecule has 0 bridgehead atoms. The fraction of sp³-hybridized carbons (Fsp3) is 0. The maximum Gasteiger partial charge on any atom is 0.252 e. The molecule has 0 aliphatic carbocycles. The smallest absolute Gasteiger partial charge is 0.252 e. The molecule has 3 rings (SSSR count). The van der Waals surface area contributed by atoms with Gasteiger partial charge < -0.3 is 10.8 Å². The standard InChI is InChI=1S/C11H9N3O/c12-11(15)9-5-13-14-6-7-3-1-2-4-8(7)10(9)14/h1-6,13H,(H2,12,15). The minimum Gasteiger partial charge on any atom is -0.365 e. The predicted molar refractivity (Wildman–Crippen MR) is 57.8 cm³/mol. The molecule has 15 heavy (non-hydrogen) atoms. The highest BCUT2D eigenvalue weighted by atomic mass is 16.1. The van der Waals surface area contributed by atoms with Gasteiger partial charge in [-0.05, 0) is 0 Å². The number of hydrogen-bond acceptors (Lipinski definition) is 1. The summed E-state index contributed by atoms with van der Waals surface area (Å²) in [6.07, 6.45) is 3.57. The van der Waals surface area contributed by atoms with E-state index in [0.29, 0.717) is 5.56 Å². The van der Waals surface area contributed by atoms with Crippen LogP contribution in [0.4, 0.5) is 0 Å². The average Bonchev–Trinajstić information content (AvgIpc) is 2.74. The second-order valence-corrected chi connectivity index (χ2v) is 3.49. The lowest BCUT2D eigenvalue weighted by Gasteiger charge is -1.90. The summed E-state index contributed by atoms with van der Waals surface area (Å²) >= 11 is 0. The van der Waals surface area contributed by atoms with E-state index in [9.17, 15) is 4.79 Å². The summed E-state index contributed by atoms with van der Waals surface area (Å²) in [5.74, 6) is -0.412. The maximum absolute atomic E-state index is 11.2. The largest absolute Gasteiger partial charge is 0.365 e. The van der Waals surface area contributed by atoms with Crippen molar-refractivity contribution in [2.24, 2.45) is 5.73 Å². The highest BCUT2D eigenvalue weighted by Gasteiger charge is 2.12. The third-order valence-corrected chi connectivity index (χ3v) is 2.59. The van der Waals surface area contributed by atoms with Crippen molar-refractivity contribution in [2.45, 2.75) is 0 Å². The summed E-state index contributed by atoms with van der Waals surface area (Å²) < 4.78 is 1.81. The summed E-state index contributed by atoms with van der Waals surface area (Å²) in [7, 11) is 0. The topological polar surface area (TPSA) is 63.3 Å². The van der Waals surface area contributed by atoms with Gasteiger partial charge in [-0.1, -0.05) is 24.3 Å². The van der Waals surface area contributed by atoms with Crippen LogP contribution in [0.25, 0.3) is 16.3 Å². The molecule has 1 amide bonds. The molecule has 4 heteroatoms. The molecular formula is C11H9N3O. The van der Waals surface area contributed by atoms with Gasteiger partial charge in [-0.2, -0.15) is 0 Å². The van der Waals surface area contributed by atoms with E-state index in [2.05, 4.69) is 5.10 Å². The minimum atomic E-state index is -0.412. The van der Waals surface area contributed by atoms with Crippen LogP contribution in [0.2, 0.25) is 0 Å². The number of aromatic amines is 1. The van der Waals surface area contributed by atoms with Crippen molar-refractivity contribution in [1.29, 1.82) is 0 Å². The molecule has 0 radical (unpaired) electrons. The molecule has 2 aromatic heterocycles. The molecule has 0 unspecified atom stereocenters. The van der Waals surface area contributed by atoms with Crippen molar-refractivity contribution < 1.29 is 4.79 Å². The number of hydrogen-bond donors (Lipinski definition) is 2. The summed E-state index contributed by atoms with van der Waals surface area (Å²) in [5, 5.41) is 5.10. The quantitative estimate of drug-likeness (QED) is 0.613. The van der Waals surface area contributed by atoms with Crippen LogP contribution in [-0.4, -0.2) is 15.5 Å². The number of nitrogens with two attached hydrogens (primary N) is 1. The van der Waals surface area contributed by atoms with E-state index in [1.165, 1.54) is 0 Å². The number of carbonyl (C=O) groups excluding carboxylic acids is 1. The van der Waals surface area contributed by atoms with Crippen LogP contribution in [0.15, 0.2) is 36.7 Å². The van der Waals surface area contributed by atoms with Crippen molar-refractivity contribution in [3.63, 3.8) is 0 Å². The van der Waals surface area contributed by atoms with Crippen LogP contribution in [0.3, 0.4) is 0 Å². The first kappa shape index (κ1) is 8.11. The first-order valence-electron chi connectivity index (χ1n) is 4.64. The van der Waals surface area contributed by atoms with Gasteiger partial charge in [0.25, 0.3) is 5.91 Å². The summed E-state index contributed by atoms with van der Waals surface area (Å²) in [6.45, 7) is 0. The Morgan fingerprint density at radius 3 is 2.93 bits per heavy atom. The van der Waals surface area contributed by atoms with Gasteiger partial charge in [0.1, 0.15) is 0 Å². The second kappa shape index (κ2) is 2.63. The van der Waals surface area contributed by atoms with Crippen LogP contribution < -0.4 is 5.73 Å². The summed E-state index contributed by atoms with van der Waals surface area (Å²) in [5.41, 5.74) is 6.67. The molecule has 1 aromatic carbocycles. The van der Waals surface area contributed by atoms with Gasteiger partial charge in [-0.15, -0.1) is 0 Å². The monoisotopic (exact) mass is 199 g/mol.